The van der Waals surface area contributed by atoms with Gasteiger partial charge in [-0.1, -0.05) is 26.7 Å². The molecule has 0 aliphatic carbocycles. The van der Waals surface area contributed by atoms with E-state index in [1.807, 2.05) is 13.8 Å². The van der Waals surface area contributed by atoms with Crippen molar-refractivity contribution in [2.24, 2.45) is 5.92 Å². The first kappa shape index (κ1) is 42.4. The number of nitrogens with two attached hydrogens (primary N) is 1. The minimum absolute atomic E-state index is 0.0746. The molecule has 7 atom stereocenters. The predicted octanol–water partition coefficient (Wildman–Crippen LogP) is 1.84. The number of aromatic nitrogens is 4. The third kappa shape index (κ3) is 12.6. The van der Waals surface area contributed by atoms with Gasteiger partial charge >= 0.3 is 27.6 Å². The van der Waals surface area contributed by atoms with Crippen molar-refractivity contribution in [3.05, 3.63) is 16.7 Å². The normalized spacial score (nSPS) is 22.4. The molecule has 3 rings (SSSR count). The number of aromatic amines is 1. The minimum atomic E-state index is -5.36. The highest BCUT2D eigenvalue weighted by Gasteiger charge is 2.47. The Morgan fingerprint density at radius 2 is 1.82 bits per heavy atom. The Kier molecular flexibility index (Phi) is 15.1. The molecule has 0 bridgehead atoms. The summed E-state index contributed by atoms with van der Waals surface area (Å²) in [5.41, 5.74) is 3.94. The summed E-state index contributed by atoms with van der Waals surface area (Å²) in [7, 11) is -10.3. The number of hydrogen-bond donors (Lipinski definition) is 7. The maximum Gasteiger partial charge on any atom is 0.480 e. The Labute approximate surface area is 294 Å². The van der Waals surface area contributed by atoms with Crippen molar-refractivity contribution in [2.45, 2.75) is 103 Å². The molecule has 8 N–H and O–H groups in total. The number of carbonyl (C=O) groups is 2. The van der Waals surface area contributed by atoms with Gasteiger partial charge < -0.3 is 40.4 Å². The van der Waals surface area contributed by atoms with Crippen LogP contribution in [-0.4, -0.2) is 103 Å². The van der Waals surface area contributed by atoms with Crippen LogP contribution in [0.2, 0.25) is 0 Å². The number of imidazole rings is 1. The van der Waals surface area contributed by atoms with Crippen molar-refractivity contribution in [3.8, 4) is 0 Å². The van der Waals surface area contributed by atoms with E-state index in [1.54, 1.807) is 20.8 Å². The third-order valence-electron chi connectivity index (χ3n) is 7.27. The van der Waals surface area contributed by atoms with Gasteiger partial charge in [-0.05, 0) is 46.5 Å². The minimum Gasteiger partial charge on any atom is -0.464 e. The smallest absolute Gasteiger partial charge is 0.464 e. The molecule has 0 aromatic carbocycles. The molecule has 51 heavy (non-hydrogen) atoms. The number of phosphoric ester groups is 1. The van der Waals surface area contributed by atoms with Gasteiger partial charge in [0, 0.05) is 6.54 Å². The van der Waals surface area contributed by atoms with E-state index in [0.717, 1.165) is 36.6 Å². The quantitative estimate of drug-likeness (QED) is 0.0609. The Morgan fingerprint density at radius 1 is 1.16 bits per heavy atom. The van der Waals surface area contributed by atoms with Gasteiger partial charge in [0.25, 0.3) is 5.56 Å². The van der Waals surface area contributed by atoms with Crippen LogP contribution in [-0.2, 0) is 41.5 Å². The number of hydrogen-bond acceptors (Lipinski definition) is 16. The number of fused-ring (bicyclic) bond motifs is 1. The number of phosphoric acid groups is 1. The number of nitrogens with zero attached hydrogens (tertiary/aromatic N) is 3. The number of rotatable bonds is 19. The highest BCUT2D eigenvalue weighted by molar-refractivity contribution is 7.63. The topological polar surface area (TPSA) is 298 Å². The molecule has 0 spiro atoms. The van der Waals surface area contributed by atoms with Crippen molar-refractivity contribution in [2.75, 3.05) is 32.1 Å². The molecule has 1 aliphatic rings. The zero-order valence-corrected chi connectivity index (χ0v) is 31.1. The lowest BCUT2D eigenvalue weighted by Gasteiger charge is -2.25. The second-order valence-electron chi connectivity index (χ2n) is 12.9. The van der Waals surface area contributed by atoms with Crippen LogP contribution in [0.1, 0.15) is 73.5 Å². The lowest BCUT2D eigenvalue weighted by molar-refractivity contribution is -0.146. The van der Waals surface area contributed by atoms with Crippen molar-refractivity contribution >= 4 is 44.7 Å². The number of anilines is 1. The predicted molar refractivity (Wildman–Crippen MR) is 180 cm³/mol. The van der Waals surface area contributed by atoms with Crippen molar-refractivity contribution in [1.29, 1.82) is 0 Å². The van der Waals surface area contributed by atoms with Gasteiger partial charge in [-0.25, -0.2) is 24.0 Å². The fourth-order valence-corrected chi connectivity index (χ4v) is 7.99. The number of aliphatic hydroxyl groups is 2. The van der Waals surface area contributed by atoms with Crippen LogP contribution in [0.5, 0.6) is 0 Å². The summed E-state index contributed by atoms with van der Waals surface area (Å²) in [5.74, 6) is -0.981. The highest BCUT2D eigenvalue weighted by Crippen LogP contribution is 2.61. The Bertz CT molecular complexity index is 1630. The molecule has 2 aromatic rings. The largest absolute Gasteiger partial charge is 0.480 e. The number of esters is 1. The van der Waals surface area contributed by atoms with Gasteiger partial charge in [0.15, 0.2) is 17.4 Å². The number of amides is 1. The molecule has 1 fully saturated rings. The van der Waals surface area contributed by atoms with Crippen LogP contribution in [0.3, 0.4) is 0 Å². The molecule has 3 heterocycles. The van der Waals surface area contributed by atoms with Gasteiger partial charge in [-0.3, -0.25) is 28.2 Å². The van der Waals surface area contributed by atoms with Gasteiger partial charge in [-0.15, -0.1) is 0 Å². The molecule has 0 radical (unpaired) electrons. The van der Waals surface area contributed by atoms with Crippen LogP contribution in [0.25, 0.3) is 11.2 Å². The molecule has 21 nitrogen and oxygen atoms in total. The Hall–Kier alpha value is -2.97. The van der Waals surface area contributed by atoms with E-state index in [-0.39, 0.29) is 36.2 Å². The Morgan fingerprint density at radius 3 is 2.45 bits per heavy atom. The summed E-state index contributed by atoms with van der Waals surface area (Å²) >= 11 is 0. The molecule has 290 valence electrons. The van der Waals surface area contributed by atoms with Crippen molar-refractivity contribution in [3.63, 3.8) is 0 Å². The summed E-state index contributed by atoms with van der Waals surface area (Å²) < 4.78 is 59.3. The first-order valence-corrected chi connectivity index (χ1v) is 19.4. The van der Waals surface area contributed by atoms with Crippen LogP contribution in [0.4, 0.5) is 10.7 Å². The molecule has 1 amide bonds. The standard InChI is InChI=1S/C28H49N7O14P2/c1-7-9-17(10-8-2)13-44-25(39)16(3)34-50(41,45-12-11-30-27(40)48-28(4,5)6)49-51(42,43)46-14-18-20(36)21(37)24(47-18)35-15-31-19-22(35)32-26(29)33-23(19)38/h15-18,20-21,24,36-37H,7-14H2,1-6H3,(H,30,40)(H,34,41)(H,42,43)(H3,29,32,33,38)/t16?,18-,20+,21-,24-,50?/m1/s1. The average Bonchev–Trinajstić information content (AvgIpc) is 3.56. The summed E-state index contributed by atoms with van der Waals surface area (Å²) in [5, 5.41) is 25.9. The van der Waals surface area contributed by atoms with Crippen LogP contribution < -0.4 is 21.7 Å². The zero-order chi connectivity index (χ0) is 38.1. The lowest BCUT2D eigenvalue weighted by Crippen LogP contribution is -2.37. The van der Waals surface area contributed by atoms with Gasteiger partial charge in [0.05, 0.1) is 26.1 Å². The molecule has 1 saturated heterocycles. The Balaban J connectivity index is 1.69. The summed E-state index contributed by atoms with van der Waals surface area (Å²) in [6.45, 7) is 8.61. The van der Waals surface area contributed by atoms with E-state index in [0.29, 0.717) is 0 Å². The first-order chi connectivity index (χ1) is 23.8. The monoisotopic (exact) mass is 769 g/mol. The number of carbonyl (C=O) groups excluding carboxylic acids is 2. The number of nitrogen functional groups attached to an aromatic ring is 1. The second-order valence-corrected chi connectivity index (χ2v) is 16.2. The number of ether oxygens (including phenoxy) is 3. The van der Waals surface area contributed by atoms with E-state index in [4.69, 9.17) is 33.3 Å². The fourth-order valence-electron chi connectivity index (χ4n) is 5.01. The average molecular weight is 770 g/mol. The molecule has 1 aliphatic heterocycles. The van der Waals surface area contributed by atoms with E-state index < -0.39 is 82.6 Å². The molecule has 3 unspecified atom stereocenters. The second kappa shape index (κ2) is 18.2. The molecule has 23 heteroatoms. The fraction of sp³-hybridized carbons (Fsp3) is 0.750. The number of aliphatic hydroxyl groups excluding tert-OH is 2. The van der Waals surface area contributed by atoms with Crippen molar-refractivity contribution < 1.29 is 61.4 Å². The molecular weight excluding hydrogens is 720 g/mol. The summed E-state index contributed by atoms with van der Waals surface area (Å²) in [6, 6.07) is -1.37. The van der Waals surface area contributed by atoms with Gasteiger partial charge in [-0.2, -0.15) is 9.29 Å². The lowest BCUT2D eigenvalue weighted by atomic mass is 9.99. The van der Waals surface area contributed by atoms with Crippen LogP contribution in [0.15, 0.2) is 11.1 Å². The SMILES string of the molecule is CCCC(CCC)COC(=O)C(C)NP(=O)(OCCNC(=O)OC(C)(C)C)OP(=O)(O)OC[C@H]1O[C@@H](n2cnc3c(=O)[nH]c(N)nc32)[C@H](O)[C@H]1O. The van der Waals surface area contributed by atoms with E-state index in [2.05, 4.69) is 25.4 Å². The number of H-pyrrole nitrogens is 1. The molecule has 0 saturated carbocycles. The van der Waals surface area contributed by atoms with Gasteiger partial charge in [0.2, 0.25) is 5.95 Å². The number of nitrogens with one attached hydrogen (secondary N) is 3. The summed E-state index contributed by atoms with van der Waals surface area (Å²) in [6.07, 6.45) is -2.51. The number of alkyl carbamates (subject to hydrolysis) is 1. The maximum atomic E-state index is 13.8. The van der Waals surface area contributed by atoms with Crippen LogP contribution in [0, 0.1) is 5.92 Å². The molecular formula is C28H49N7O14P2. The van der Waals surface area contributed by atoms with Crippen LogP contribution >= 0.6 is 15.6 Å². The van der Waals surface area contributed by atoms with E-state index in [1.165, 1.54) is 6.92 Å². The van der Waals surface area contributed by atoms with Crippen molar-refractivity contribution in [1.82, 2.24) is 29.9 Å². The summed E-state index contributed by atoms with van der Waals surface area (Å²) in [4.78, 5) is 57.7. The van der Waals surface area contributed by atoms with E-state index in [9.17, 15) is 38.6 Å². The third-order valence-corrected chi connectivity index (χ3v) is 10.7. The zero-order valence-electron chi connectivity index (χ0n) is 29.3. The first-order valence-electron chi connectivity index (χ1n) is 16.4. The highest BCUT2D eigenvalue weighted by atomic mass is 31.3. The maximum absolute atomic E-state index is 13.8. The molecule has 2 aromatic heterocycles. The van der Waals surface area contributed by atoms with E-state index >= 15 is 0 Å². The van der Waals surface area contributed by atoms with Gasteiger partial charge in [0.1, 0.15) is 30.0 Å².